The molecule has 0 spiro atoms. The molecule has 0 aromatic carbocycles. The molecule has 0 fully saturated rings. The summed E-state index contributed by atoms with van der Waals surface area (Å²) in [4.78, 5) is 0. The van der Waals surface area contributed by atoms with Crippen molar-refractivity contribution in [3.63, 3.8) is 0 Å². The fourth-order valence-electron chi connectivity index (χ4n) is 0.309. The maximum Gasteiger partial charge on any atom is 0.0927 e. The van der Waals surface area contributed by atoms with Gasteiger partial charge in [-0.05, 0) is 6.92 Å². The summed E-state index contributed by atoms with van der Waals surface area (Å²) in [6.45, 7) is 6.06. The van der Waals surface area contributed by atoms with Crippen molar-refractivity contribution in [2.24, 2.45) is 0 Å². The van der Waals surface area contributed by atoms with E-state index in [2.05, 4.69) is 27.8 Å². The molecule has 1 unspecified atom stereocenters. The SMILES string of the molecule is C=C(Br)CNC(C)C#N. The van der Waals surface area contributed by atoms with E-state index in [9.17, 15) is 0 Å². The van der Waals surface area contributed by atoms with Gasteiger partial charge in [-0.1, -0.05) is 22.5 Å². The molecular formula is C6H9BrN2. The van der Waals surface area contributed by atoms with Crippen molar-refractivity contribution >= 4 is 15.9 Å². The van der Waals surface area contributed by atoms with Crippen LogP contribution in [0.4, 0.5) is 0 Å². The highest BCUT2D eigenvalue weighted by Gasteiger charge is 1.95. The molecule has 0 radical (unpaired) electrons. The molecule has 1 N–H and O–H groups in total. The Bertz CT molecular complexity index is 136. The maximum absolute atomic E-state index is 8.29. The number of rotatable bonds is 3. The third-order valence-corrected chi connectivity index (χ3v) is 1.07. The summed E-state index contributed by atoms with van der Waals surface area (Å²) in [5.41, 5.74) is 0. The van der Waals surface area contributed by atoms with E-state index in [1.807, 2.05) is 6.07 Å². The highest BCUT2D eigenvalue weighted by Crippen LogP contribution is 1.96. The molecule has 9 heavy (non-hydrogen) atoms. The largest absolute Gasteiger partial charge is 0.298 e. The summed E-state index contributed by atoms with van der Waals surface area (Å²) in [6, 6.07) is 1.95. The average molecular weight is 189 g/mol. The monoisotopic (exact) mass is 188 g/mol. The first-order valence-corrected chi connectivity index (χ1v) is 3.42. The Kier molecular flexibility index (Phi) is 4.37. The second-order valence-electron chi connectivity index (χ2n) is 1.75. The topological polar surface area (TPSA) is 35.8 Å². The van der Waals surface area contributed by atoms with Gasteiger partial charge in [-0.2, -0.15) is 5.26 Å². The van der Waals surface area contributed by atoms with Crippen molar-refractivity contribution in [2.45, 2.75) is 13.0 Å². The Morgan fingerprint density at radius 2 is 2.56 bits per heavy atom. The summed E-state index contributed by atoms with van der Waals surface area (Å²) < 4.78 is 0.865. The molecule has 0 bridgehead atoms. The number of hydrogen-bond acceptors (Lipinski definition) is 2. The molecule has 0 amide bonds. The number of nitrogens with zero attached hydrogens (tertiary/aromatic N) is 1. The predicted octanol–water partition coefficient (Wildman–Crippen LogP) is 1.40. The third kappa shape index (κ3) is 5.54. The molecule has 0 saturated heterocycles. The van der Waals surface area contributed by atoms with E-state index in [0.717, 1.165) is 4.48 Å². The average Bonchev–Trinajstić information content (AvgIpc) is 1.83. The minimum absolute atomic E-state index is 0.0979. The molecule has 2 nitrogen and oxygen atoms in total. The molecular weight excluding hydrogens is 180 g/mol. The minimum atomic E-state index is -0.0979. The second kappa shape index (κ2) is 4.54. The lowest BCUT2D eigenvalue weighted by atomic mass is 10.4. The Balaban J connectivity index is 3.30. The van der Waals surface area contributed by atoms with Gasteiger partial charge in [-0.3, -0.25) is 5.32 Å². The fourth-order valence-corrected chi connectivity index (χ4v) is 0.471. The number of nitrogens with one attached hydrogen (secondary N) is 1. The summed E-state index contributed by atoms with van der Waals surface area (Å²) in [7, 11) is 0. The quantitative estimate of drug-likeness (QED) is 0.728. The van der Waals surface area contributed by atoms with Crippen LogP contribution in [0.3, 0.4) is 0 Å². The van der Waals surface area contributed by atoms with E-state index in [1.54, 1.807) is 6.92 Å². The van der Waals surface area contributed by atoms with Gasteiger partial charge in [0, 0.05) is 11.0 Å². The van der Waals surface area contributed by atoms with Crippen LogP contribution >= 0.6 is 15.9 Å². The zero-order valence-electron chi connectivity index (χ0n) is 5.32. The maximum atomic E-state index is 8.29. The van der Waals surface area contributed by atoms with E-state index >= 15 is 0 Å². The first-order chi connectivity index (χ1) is 4.16. The number of hydrogen-bond donors (Lipinski definition) is 1. The molecule has 1 atom stereocenters. The summed E-state index contributed by atoms with van der Waals surface area (Å²) >= 11 is 3.17. The van der Waals surface area contributed by atoms with Crippen LogP contribution in [-0.2, 0) is 0 Å². The molecule has 50 valence electrons. The van der Waals surface area contributed by atoms with Gasteiger partial charge in [0.1, 0.15) is 0 Å². The lowest BCUT2D eigenvalue weighted by Gasteiger charge is -2.02. The zero-order chi connectivity index (χ0) is 7.28. The molecule has 0 aliphatic carbocycles. The standard InChI is InChI=1S/C6H9BrN2/c1-5(7)4-9-6(2)3-8/h6,9H,1,4H2,2H3. The molecule has 0 rings (SSSR count). The Morgan fingerprint density at radius 1 is 2.00 bits per heavy atom. The Hall–Kier alpha value is -0.330. The third-order valence-electron chi connectivity index (χ3n) is 0.794. The van der Waals surface area contributed by atoms with E-state index in [1.165, 1.54) is 0 Å². The van der Waals surface area contributed by atoms with Crippen molar-refractivity contribution < 1.29 is 0 Å². The van der Waals surface area contributed by atoms with E-state index < -0.39 is 0 Å². The normalized spacial score (nSPS) is 12.1. The number of nitriles is 1. The molecule has 0 aliphatic heterocycles. The van der Waals surface area contributed by atoms with Gasteiger partial charge < -0.3 is 0 Å². The Morgan fingerprint density at radius 3 is 2.89 bits per heavy atom. The first-order valence-electron chi connectivity index (χ1n) is 2.63. The lowest BCUT2D eigenvalue weighted by Crippen LogP contribution is -2.24. The zero-order valence-corrected chi connectivity index (χ0v) is 6.90. The highest BCUT2D eigenvalue weighted by atomic mass is 79.9. The van der Waals surface area contributed by atoms with Crippen molar-refractivity contribution in [2.75, 3.05) is 6.54 Å². The van der Waals surface area contributed by atoms with Crippen LogP contribution in [0.25, 0.3) is 0 Å². The van der Waals surface area contributed by atoms with Crippen molar-refractivity contribution in [3.05, 3.63) is 11.1 Å². The van der Waals surface area contributed by atoms with Crippen LogP contribution in [0.2, 0.25) is 0 Å². The minimum Gasteiger partial charge on any atom is -0.298 e. The lowest BCUT2D eigenvalue weighted by molar-refractivity contribution is 0.694. The van der Waals surface area contributed by atoms with Crippen molar-refractivity contribution in [1.82, 2.24) is 5.32 Å². The van der Waals surface area contributed by atoms with Crippen LogP contribution < -0.4 is 5.32 Å². The smallest absolute Gasteiger partial charge is 0.0927 e. The van der Waals surface area contributed by atoms with E-state index in [4.69, 9.17) is 5.26 Å². The van der Waals surface area contributed by atoms with Gasteiger partial charge in [0.15, 0.2) is 0 Å². The molecule has 0 aromatic heterocycles. The van der Waals surface area contributed by atoms with Crippen LogP contribution in [0, 0.1) is 11.3 Å². The van der Waals surface area contributed by atoms with Crippen LogP contribution in [-0.4, -0.2) is 12.6 Å². The molecule has 0 saturated carbocycles. The summed E-state index contributed by atoms with van der Waals surface area (Å²) in [5, 5.41) is 11.2. The van der Waals surface area contributed by atoms with Crippen LogP contribution in [0.1, 0.15) is 6.92 Å². The van der Waals surface area contributed by atoms with Gasteiger partial charge in [0.25, 0.3) is 0 Å². The molecule has 0 aliphatic rings. The van der Waals surface area contributed by atoms with Crippen LogP contribution in [0.15, 0.2) is 11.1 Å². The van der Waals surface area contributed by atoms with Gasteiger partial charge >= 0.3 is 0 Å². The van der Waals surface area contributed by atoms with Gasteiger partial charge in [0.2, 0.25) is 0 Å². The number of halogens is 1. The molecule has 0 heterocycles. The van der Waals surface area contributed by atoms with Gasteiger partial charge in [-0.25, -0.2) is 0 Å². The van der Waals surface area contributed by atoms with Crippen LogP contribution in [0.5, 0.6) is 0 Å². The summed E-state index contributed by atoms with van der Waals surface area (Å²) in [6.07, 6.45) is 0. The fraction of sp³-hybridized carbons (Fsp3) is 0.500. The van der Waals surface area contributed by atoms with Gasteiger partial charge in [0.05, 0.1) is 12.1 Å². The second-order valence-corrected chi connectivity index (χ2v) is 2.87. The van der Waals surface area contributed by atoms with E-state index in [-0.39, 0.29) is 6.04 Å². The van der Waals surface area contributed by atoms with Crippen molar-refractivity contribution in [3.8, 4) is 6.07 Å². The predicted molar refractivity (Wildman–Crippen MR) is 41.1 cm³/mol. The van der Waals surface area contributed by atoms with Crippen molar-refractivity contribution in [1.29, 1.82) is 5.26 Å². The highest BCUT2D eigenvalue weighted by molar-refractivity contribution is 9.11. The van der Waals surface area contributed by atoms with E-state index in [0.29, 0.717) is 6.54 Å². The summed E-state index contributed by atoms with van der Waals surface area (Å²) in [5.74, 6) is 0. The van der Waals surface area contributed by atoms with Gasteiger partial charge in [-0.15, -0.1) is 0 Å². The molecule has 0 aromatic rings. The molecule has 3 heteroatoms. The Labute approximate surface area is 63.7 Å². The first kappa shape index (κ1) is 8.67.